The van der Waals surface area contributed by atoms with E-state index in [0.29, 0.717) is 0 Å². The molecule has 0 radical (unpaired) electrons. The molecule has 20 N–H and O–H groups in total. The SMILES string of the molecule is CC(=O)NC1C(O)OC(CO)C(OC2OC(COC3OC(COC4OC(CO)C(O)C(O)C4O)C(O)C(OC4OC(CO)C(O)C(O)C4O)C3O)C(O)C(O)C2O)C1OC1OC(CO)C(O)C(O)C1O. The van der Waals surface area contributed by atoms with Crippen molar-refractivity contribution >= 4 is 5.91 Å². The smallest absolute Gasteiger partial charge is 0.217 e. The fourth-order valence-corrected chi connectivity index (χ4v) is 8.70. The number of aliphatic hydroxyl groups is 19. The first-order valence-electron chi connectivity index (χ1n) is 22.1. The van der Waals surface area contributed by atoms with Gasteiger partial charge in [0.05, 0.1) is 39.6 Å². The van der Waals surface area contributed by atoms with Crippen molar-refractivity contribution in [2.24, 2.45) is 0 Å². The van der Waals surface area contributed by atoms with Crippen molar-refractivity contribution < 1.29 is 154 Å². The predicted octanol–water partition coefficient (Wildman–Crippen LogP) is -14.0. The molecule has 6 rings (SSSR count). The quantitative estimate of drug-likeness (QED) is 0.0643. The van der Waals surface area contributed by atoms with Gasteiger partial charge in [-0.15, -0.1) is 0 Å². The second-order valence-corrected chi connectivity index (χ2v) is 17.6. The molecule has 6 heterocycles. The van der Waals surface area contributed by atoms with E-state index in [4.69, 9.17) is 52.1 Å². The molecule has 30 unspecified atom stereocenters. The lowest BCUT2D eigenvalue weighted by molar-refractivity contribution is -0.380. The third-order valence-corrected chi connectivity index (χ3v) is 12.8. The number of rotatable bonds is 17. The van der Waals surface area contributed by atoms with Crippen molar-refractivity contribution in [1.82, 2.24) is 5.32 Å². The van der Waals surface area contributed by atoms with Gasteiger partial charge in [-0.05, 0) is 0 Å². The summed E-state index contributed by atoms with van der Waals surface area (Å²) in [4.78, 5) is 12.3. The molecule has 1 amide bonds. The van der Waals surface area contributed by atoms with Crippen LogP contribution < -0.4 is 5.32 Å². The number of nitrogens with one attached hydrogen (secondary N) is 1. The second-order valence-electron chi connectivity index (χ2n) is 17.6. The van der Waals surface area contributed by atoms with Crippen LogP contribution in [-0.2, 0) is 56.9 Å². The summed E-state index contributed by atoms with van der Waals surface area (Å²) in [6.45, 7) is -4.41. The maximum atomic E-state index is 12.3. The molecule has 0 aromatic carbocycles. The van der Waals surface area contributed by atoms with Crippen LogP contribution in [0.2, 0.25) is 0 Å². The molecular weight excluding hydrogens is 966 g/mol. The summed E-state index contributed by atoms with van der Waals surface area (Å²) in [7, 11) is 0. The van der Waals surface area contributed by atoms with E-state index in [9.17, 15) is 102 Å². The predicted molar refractivity (Wildman–Crippen MR) is 211 cm³/mol. The van der Waals surface area contributed by atoms with Crippen LogP contribution in [0, 0.1) is 0 Å². The minimum atomic E-state index is -2.18. The molecule has 6 saturated heterocycles. The number of aliphatic hydroxyl groups excluding tert-OH is 19. The third-order valence-electron chi connectivity index (χ3n) is 12.8. The van der Waals surface area contributed by atoms with E-state index in [0.717, 1.165) is 6.92 Å². The monoisotopic (exact) mass is 1030 g/mol. The highest BCUT2D eigenvalue weighted by atomic mass is 16.8. The average Bonchev–Trinajstić information content (AvgIpc) is 3.33. The molecular formula is C38H65NO31. The Hall–Kier alpha value is -1.73. The van der Waals surface area contributed by atoms with Crippen LogP contribution in [0.3, 0.4) is 0 Å². The Kier molecular flexibility index (Phi) is 20.3. The van der Waals surface area contributed by atoms with Gasteiger partial charge in [-0.1, -0.05) is 0 Å². The van der Waals surface area contributed by atoms with Crippen molar-refractivity contribution in [2.45, 2.75) is 191 Å². The largest absolute Gasteiger partial charge is 0.394 e. The first kappa shape index (κ1) is 57.5. The zero-order chi connectivity index (χ0) is 51.6. The van der Waals surface area contributed by atoms with E-state index in [1.165, 1.54) is 0 Å². The minimum absolute atomic E-state index is 0.802. The minimum Gasteiger partial charge on any atom is -0.394 e. The summed E-state index contributed by atoms with van der Waals surface area (Å²) in [5, 5.41) is 203. The molecule has 0 aromatic rings. The van der Waals surface area contributed by atoms with Gasteiger partial charge in [-0.25, -0.2) is 0 Å². The summed E-state index contributed by atoms with van der Waals surface area (Å²) in [5.74, 6) is -0.802. The normalized spacial score (nSPS) is 51.5. The van der Waals surface area contributed by atoms with E-state index in [1.807, 2.05) is 0 Å². The van der Waals surface area contributed by atoms with Crippen LogP contribution in [0.1, 0.15) is 6.92 Å². The summed E-state index contributed by atoms with van der Waals surface area (Å²) >= 11 is 0. The lowest BCUT2D eigenvalue weighted by Crippen LogP contribution is -2.69. The van der Waals surface area contributed by atoms with Gasteiger partial charge in [-0.2, -0.15) is 0 Å². The number of ether oxygens (including phenoxy) is 11. The van der Waals surface area contributed by atoms with Crippen LogP contribution >= 0.6 is 0 Å². The topological polar surface area (TPSA) is 515 Å². The zero-order valence-electron chi connectivity index (χ0n) is 37.0. The Morgan fingerprint density at radius 3 is 1.13 bits per heavy atom. The van der Waals surface area contributed by atoms with Gasteiger partial charge in [0.2, 0.25) is 5.91 Å². The van der Waals surface area contributed by atoms with Crippen LogP contribution in [0.15, 0.2) is 0 Å². The van der Waals surface area contributed by atoms with Gasteiger partial charge >= 0.3 is 0 Å². The van der Waals surface area contributed by atoms with Gasteiger partial charge in [0.25, 0.3) is 0 Å². The maximum Gasteiger partial charge on any atom is 0.217 e. The molecule has 32 nitrogen and oxygen atoms in total. The number of carbonyl (C=O) groups is 1. The molecule has 6 aliphatic heterocycles. The molecule has 408 valence electrons. The Bertz CT molecular complexity index is 1620. The van der Waals surface area contributed by atoms with E-state index < -0.39 is 230 Å². The van der Waals surface area contributed by atoms with E-state index in [2.05, 4.69) is 5.32 Å². The van der Waals surface area contributed by atoms with Crippen molar-refractivity contribution in [2.75, 3.05) is 39.6 Å². The van der Waals surface area contributed by atoms with Gasteiger partial charge in [-0.3, -0.25) is 4.79 Å². The Labute approximate surface area is 395 Å². The molecule has 32 heteroatoms. The first-order valence-corrected chi connectivity index (χ1v) is 22.1. The second kappa shape index (κ2) is 24.7. The molecule has 0 spiro atoms. The molecule has 0 aromatic heterocycles. The molecule has 0 saturated carbocycles. The molecule has 6 aliphatic rings. The number of hydrogen-bond acceptors (Lipinski definition) is 31. The van der Waals surface area contributed by atoms with Crippen LogP contribution in [-0.4, -0.2) is 327 Å². The molecule has 30 atom stereocenters. The van der Waals surface area contributed by atoms with Gasteiger partial charge in [0.1, 0.15) is 146 Å². The van der Waals surface area contributed by atoms with E-state index in [1.54, 1.807) is 0 Å². The fraction of sp³-hybridized carbons (Fsp3) is 0.974. The molecule has 6 fully saturated rings. The van der Waals surface area contributed by atoms with Crippen LogP contribution in [0.25, 0.3) is 0 Å². The number of carbonyl (C=O) groups excluding carboxylic acids is 1. The molecule has 0 bridgehead atoms. The maximum absolute atomic E-state index is 12.3. The third kappa shape index (κ3) is 12.2. The van der Waals surface area contributed by atoms with Crippen LogP contribution in [0.4, 0.5) is 0 Å². The van der Waals surface area contributed by atoms with E-state index >= 15 is 0 Å². The molecule has 0 aliphatic carbocycles. The van der Waals surface area contributed by atoms with Crippen molar-refractivity contribution in [3.05, 3.63) is 0 Å². The zero-order valence-corrected chi connectivity index (χ0v) is 37.0. The van der Waals surface area contributed by atoms with E-state index in [-0.39, 0.29) is 0 Å². The van der Waals surface area contributed by atoms with Gasteiger partial charge in [0, 0.05) is 6.92 Å². The number of amides is 1. The summed E-state index contributed by atoms with van der Waals surface area (Å²) in [6.07, 6.45) is -55.2. The Morgan fingerprint density at radius 2 is 0.700 bits per heavy atom. The first-order chi connectivity index (χ1) is 33.1. The highest BCUT2D eigenvalue weighted by molar-refractivity contribution is 5.73. The summed E-state index contributed by atoms with van der Waals surface area (Å²) < 4.78 is 61.9. The Balaban J connectivity index is 1.22. The van der Waals surface area contributed by atoms with Gasteiger partial charge in [0.15, 0.2) is 37.7 Å². The van der Waals surface area contributed by atoms with Crippen LogP contribution in [0.5, 0.6) is 0 Å². The number of hydrogen-bond donors (Lipinski definition) is 20. The highest BCUT2D eigenvalue weighted by Gasteiger charge is 2.56. The fourth-order valence-electron chi connectivity index (χ4n) is 8.70. The summed E-state index contributed by atoms with van der Waals surface area (Å²) in [5.41, 5.74) is 0. The van der Waals surface area contributed by atoms with Crippen molar-refractivity contribution in [3.8, 4) is 0 Å². The Morgan fingerprint density at radius 1 is 0.371 bits per heavy atom. The van der Waals surface area contributed by atoms with Crippen molar-refractivity contribution in [3.63, 3.8) is 0 Å². The lowest BCUT2D eigenvalue weighted by atomic mass is 9.94. The average molecular weight is 1030 g/mol. The highest BCUT2D eigenvalue weighted by Crippen LogP contribution is 2.35. The summed E-state index contributed by atoms with van der Waals surface area (Å²) in [6, 6.07) is -1.68. The standard InChI is InChI=1S/C38H65NO31/c1-8(44)39-15-31(69-36-26(55)22(51)17(46)10(3-41)64-36)30(12(5-43)62-33(15)59)68-38-28(57)24(53)19(48)13(67-38)6-61-35-29(58)32(70-37-27(56)23(52)18(47)11(4-42)65-37)20(49)14(66-35)7-60-34-25(54)21(50)16(45)9(2-40)63-34/h9-38,40-43,45-59H,2-7H2,1H3,(H,39,44). The van der Waals surface area contributed by atoms with Gasteiger partial charge < -0.3 is 154 Å². The lowest BCUT2D eigenvalue weighted by Gasteiger charge is -2.49. The molecule has 70 heavy (non-hydrogen) atoms. The van der Waals surface area contributed by atoms with Crippen molar-refractivity contribution in [1.29, 1.82) is 0 Å².